The summed E-state index contributed by atoms with van der Waals surface area (Å²) in [5.74, 6) is 0. The van der Waals surface area contributed by atoms with Gasteiger partial charge in [-0.05, 0) is 31.9 Å². The van der Waals surface area contributed by atoms with Crippen LogP contribution < -0.4 is 0 Å². The second-order valence-electron chi connectivity index (χ2n) is 4.93. The van der Waals surface area contributed by atoms with Gasteiger partial charge in [0, 0.05) is 12.2 Å². The van der Waals surface area contributed by atoms with E-state index in [-0.39, 0.29) is 6.61 Å². The second kappa shape index (κ2) is 6.76. The van der Waals surface area contributed by atoms with E-state index >= 15 is 0 Å². The molecule has 0 saturated carbocycles. The molecule has 2 N–H and O–H groups in total. The average molecular weight is 331 g/mol. The van der Waals surface area contributed by atoms with Crippen molar-refractivity contribution in [2.75, 3.05) is 6.61 Å². The standard InChI is InChI=1S/C15H16F3NO2S/c1-9-13(12(21)3-2-8-20)22-14(19-9)10-4-6-11(7-5-10)15(16,17)18/h4-7,12,20-21H,2-3,8H2,1H3. The highest BCUT2D eigenvalue weighted by Crippen LogP contribution is 2.35. The summed E-state index contributed by atoms with van der Waals surface area (Å²) in [7, 11) is 0. The molecule has 0 spiro atoms. The molecular formula is C15H16F3NO2S. The Hall–Kier alpha value is -1.44. The molecule has 1 aromatic carbocycles. The highest BCUT2D eigenvalue weighted by Gasteiger charge is 2.30. The molecule has 0 aliphatic rings. The van der Waals surface area contributed by atoms with Gasteiger partial charge in [0.25, 0.3) is 0 Å². The number of aliphatic hydroxyl groups excluding tert-OH is 2. The van der Waals surface area contributed by atoms with Crippen molar-refractivity contribution in [1.82, 2.24) is 4.98 Å². The fourth-order valence-corrected chi connectivity index (χ4v) is 3.15. The van der Waals surface area contributed by atoms with E-state index in [1.54, 1.807) is 6.92 Å². The van der Waals surface area contributed by atoms with E-state index in [4.69, 9.17) is 5.11 Å². The van der Waals surface area contributed by atoms with E-state index < -0.39 is 17.8 Å². The third-order valence-corrected chi connectivity index (χ3v) is 4.54. The lowest BCUT2D eigenvalue weighted by atomic mass is 10.1. The summed E-state index contributed by atoms with van der Waals surface area (Å²) < 4.78 is 37.6. The van der Waals surface area contributed by atoms with Crippen LogP contribution in [0.15, 0.2) is 24.3 Å². The van der Waals surface area contributed by atoms with Crippen LogP contribution in [0.2, 0.25) is 0 Å². The quantitative estimate of drug-likeness (QED) is 0.872. The van der Waals surface area contributed by atoms with Crippen LogP contribution in [0.1, 0.15) is 35.1 Å². The summed E-state index contributed by atoms with van der Waals surface area (Å²) in [5, 5.41) is 19.4. The van der Waals surface area contributed by atoms with Crippen LogP contribution >= 0.6 is 11.3 Å². The normalized spacial score (nSPS) is 13.4. The van der Waals surface area contributed by atoms with Gasteiger partial charge in [-0.3, -0.25) is 0 Å². The van der Waals surface area contributed by atoms with Gasteiger partial charge in [-0.2, -0.15) is 13.2 Å². The molecule has 2 aromatic rings. The first kappa shape index (κ1) is 16.9. The Labute approximate surface area is 130 Å². The Morgan fingerprint density at radius 1 is 1.23 bits per heavy atom. The summed E-state index contributed by atoms with van der Waals surface area (Å²) in [5.41, 5.74) is 0.541. The SMILES string of the molecule is Cc1nc(-c2ccc(C(F)(F)F)cc2)sc1C(O)CCCO. The molecule has 0 bridgehead atoms. The first-order valence-electron chi connectivity index (χ1n) is 6.77. The number of aryl methyl sites for hydroxylation is 1. The predicted molar refractivity (Wildman–Crippen MR) is 78.6 cm³/mol. The number of aliphatic hydroxyl groups is 2. The number of thiazole rings is 1. The molecular weight excluding hydrogens is 315 g/mol. The summed E-state index contributed by atoms with van der Waals surface area (Å²) in [6.45, 7) is 1.75. The van der Waals surface area contributed by atoms with Crippen LogP contribution in [0.3, 0.4) is 0 Å². The van der Waals surface area contributed by atoms with Crippen LogP contribution in [0, 0.1) is 6.92 Å². The Morgan fingerprint density at radius 3 is 2.41 bits per heavy atom. The Kier molecular flexibility index (Phi) is 5.20. The Bertz CT molecular complexity index is 623. The molecule has 120 valence electrons. The topological polar surface area (TPSA) is 53.4 Å². The Morgan fingerprint density at radius 2 is 1.86 bits per heavy atom. The van der Waals surface area contributed by atoms with Gasteiger partial charge in [-0.25, -0.2) is 4.98 Å². The largest absolute Gasteiger partial charge is 0.416 e. The lowest BCUT2D eigenvalue weighted by Crippen LogP contribution is -2.03. The average Bonchev–Trinajstić information content (AvgIpc) is 2.86. The van der Waals surface area contributed by atoms with Crippen molar-refractivity contribution < 1.29 is 23.4 Å². The molecule has 7 heteroatoms. The van der Waals surface area contributed by atoms with Gasteiger partial charge in [0.05, 0.1) is 22.2 Å². The van der Waals surface area contributed by atoms with Gasteiger partial charge in [-0.1, -0.05) is 12.1 Å². The number of aromatic nitrogens is 1. The molecule has 1 atom stereocenters. The van der Waals surface area contributed by atoms with Crippen LogP contribution in [0.5, 0.6) is 0 Å². The van der Waals surface area contributed by atoms with Crippen molar-refractivity contribution >= 4 is 11.3 Å². The number of alkyl halides is 3. The number of rotatable bonds is 5. The lowest BCUT2D eigenvalue weighted by Gasteiger charge is -2.07. The van der Waals surface area contributed by atoms with Gasteiger partial charge < -0.3 is 10.2 Å². The molecule has 22 heavy (non-hydrogen) atoms. The predicted octanol–water partition coefficient (Wildman–Crippen LogP) is 3.94. The van der Waals surface area contributed by atoms with Crippen molar-refractivity contribution in [1.29, 1.82) is 0 Å². The van der Waals surface area contributed by atoms with Gasteiger partial charge in [0.1, 0.15) is 5.01 Å². The van der Waals surface area contributed by atoms with E-state index in [2.05, 4.69) is 4.98 Å². The minimum Gasteiger partial charge on any atom is -0.396 e. The molecule has 0 aliphatic carbocycles. The zero-order valence-electron chi connectivity index (χ0n) is 11.9. The van der Waals surface area contributed by atoms with E-state index in [0.717, 1.165) is 12.1 Å². The Balaban J connectivity index is 2.23. The molecule has 0 aliphatic heterocycles. The first-order chi connectivity index (χ1) is 10.3. The molecule has 0 fully saturated rings. The molecule has 0 saturated heterocycles. The molecule has 3 nitrogen and oxygen atoms in total. The maximum atomic E-state index is 12.5. The molecule has 0 radical (unpaired) electrons. The summed E-state index contributed by atoms with van der Waals surface area (Å²) in [4.78, 5) is 5.00. The number of hydrogen-bond acceptors (Lipinski definition) is 4. The van der Waals surface area contributed by atoms with Crippen LogP contribution in [-0.4, -0.2) is 21.8 Å². The monoisotopic (exact) mass is 331 g/mol. The van der Waals surface area contributed by atoms with Crippen LogP contribution in [0.4, 0.5) is 13.2 Å². The maximum Gasteiger partial charge on any atom is 0.416 e. The first-order valence-corrected chi connectivity index (χ1v) is 7.58. The lowest BCUT2D eigenvalue weighted by molar-refractivity contribution is -0.137. The van der Waals surface area contributed by atoms with Crippen LogP contribution in [0.25, 0.3) is 10.6 Å². The van der Waals surface area contributed by atoms with E-state index in [0.29, 0.717) is 34.0 Å². The fourth-order valence-electron chi connectivity index (χ4n) is 2.06. The van der Waals surface area contributed by atoms with E-state index in [1.165, 1.54) is 23.5 Å². The van der Waals surface area contributed by atoms with E-state index in [9.17, 15) is 18.3 Å². The zero-order valence-corrected chi connectivity index (χ0v) is 12.7. The fraction of sp³-hybridized carbons (Fsp3) is 0.400. The smallest absolute Gasteiger partial charge is 0.396 e. The highest BCUT2D eigenvalue weighted by molar-refractivity contribution is 7.15. The molecule has 0 amide bonds. The van der Waals surface area contributed by atoms with Gasteiger partial charge in [-0.15, -0.1) is 11.3 Å². The number of hydrogen-bond donors (Lipinski definition) is 2. The molecule has 2 rings (SSSR count). The van der Waals surface area contributed by atoms with Crippen molar-refractivity contribution in [3.05, 3.63) is 40.4 Å². The molecule has 1 heterocycles. The minimum atomic E-state index is -4.36. The van der Waals surface area contributed by atoms with Gasteiger partial charge in [0.15, 0.2) is 0 Å². The zero-order chi connectivity index (χ0) is 16.3. The summed E-state index contributed by atoms with van der Waals surface area (Å²) in [6.07, 6.45) is -4.17. The van der Waals surface area contributed by atoms with Crippen molar-refractivity contribution in [2.24, 2.45) is 0 Å². The summed E-state index contributed by atoms with van der Waals surface area (Å²) >= 11 is 1.26. The van der Waals surface area contributed by atoms with Crippen molar-refractivity contribution in [2.45, 2.75) is 32.0 Å². The molecule has 1 aromatic heterocycles. The summed E-state index contributed by atoms with van der Waals surface area (Å²) in [6, 6.07) is 4.80. The number of halogens is 3. The third kappa shape index (κ3) is 3.85. The highest BCUT2D eigenvalue weighted by atomic mass is 32.1. The van der Waals surface area contributed by atoms with Crippen molar-refractivity contribution in [3.8, 4) is 10.6 Å². The second-order valence-corrected chi connectivity index (χ2v) is 5.96. The van der Waals surface area contributed by atoms with E-state index in [1.807, 2.05) is 0 Å². The van der Waals surface area contributed by atoms with Crippen LogP contribution in [-0.2, 0) is 6.18 Å². The minimum absolute atomic E-state index is 0.000668. The van der Waals surface area contributed by atoms with Crippen molar-refractivity contribution in [3.63, 3.8) is 0 Å². The van der Waals surface area contributed by atoms with Gasteiger partial charge >= 0.3 is 6.18 Å². The number of benzene rings is 1. The third-order valence-electron chi connectivity index (χ3n) is 3.23. The maximum absolute atomic E-state index is 12.5. The van der Waals surface area contributed by atoms with Gasteiger partial charge in [0.2, 0.25) is 0 Å². The number of nitrogens with zero attached hydrogens (tertiary/aromatic N) is 1. The molecule has 1 unspecified atom stereocenters.